The van der Waals surface area contributed by atoms with Gasteiger partial charge in [-0.3, -0.25) is 0 Å². The van der Waals surface area contributed by atoms with Crippen LogP contribution in [0.1, 0.15) is 35.1 Å². The van der Waals surface area contributed by atoms with Crippen LogP contribution < -0.4 is 24.8 Å². The third kappa shape index (κ3) is 3.23. The second-order valence-corrected chi connectivity index (χ2v) is 18.3. The zero-order valence-corrected chi connectivity index (χ0v) is 19.1. The van der Waals surface area contributed by atoms with Gasteiger partial charge in [0.1, 0.15) is 0 Å². The van der Waals surface area contributed by atoms with E-state index in [9.17, 15) is 0 Å². The van der Waals surface area contributed by atoms with Crippen molar-refractivity contribution in [3.8, 4) is 11.1 Å². The number of rotatable bonds is 3. The van der Waals surface area contributed by atoms with Crippen LogP contribution in [0.15, 0.2) is 70.1 Å². The molecular weight excluding hydrogens is 502 g/mol. The molecule has 0 bridgehead atoms. The van der Waals surface area contributed by atoms with Crippen LogP contribution in [-0.2, 0) is 21.4 Å². The smallest absolute Gasteiger partial charge is 1.00 e. The van der Waals surface area contributed by atoms with Gasteiger partial charge in [0.2, 0.25) is 0 Å². The molecule has 0 N–H and O–H groups in total. The summed E-state index contributed by atoms with van der Waals surface area (Å²) in [5.74, 6) is 0. The maximum Gasteiger partial charge on any atom is -1.00 e. The third-order valence-electron chi connectivity index (χ3n) is 4.91. The molecule has 0 heterocycles. The molecule has 0 aromatic heterocycles. The fraction of sp³-hybridized carbons (Fsp3) is 0.238. The zero-order chi connectivity index (χ0) is 15.1. The molecule has 0 spiro atoms. The van der Waals surface area contributed by atoms with Crippen LogP contribution in [0.3, 0.4) is 0 Å². The van der Waals surface area contributed by atoms with E-state index in [4.69, 9.17) is 0 Å². The van der Waals surface area contributed by atoms with Gasteiger partial charge in [-0.1, -0.05) is 0 Å². The van der Waals surface area contributed by atoms with E-state index in [0.717, 1.165) is 3.67 Å². The molecule has 0 amide bonds. The Labute approximate surface area is 165 Å². The number of halogens is 2. The van der Waals surface area contributed by atoms with Gasteiger partial charge < -0.3 is 24.8 Å². The maximum absolute atomic E-state index is 2.46. The van der Waals surface area contributed by atoms with Crippen molar-refractivity contribution < 1.29 is 46.3 Å². The average molecular weight is 523 g/mol. The molecule has 2 aromatic rings. The number of benzene rings is 2. The summed E-state index contributed by atoms with van der Waals surface area (Å²) in [5, 5.41) is 0. The molecule has 0 unspecified atom stereocenters. The monoisotopic (exact) mass is 523 g/mol. The first kappa shape index (κ1) is 19.7. The van der Waals surface area contributed by atoms with Crippen LogP contribution in [-0.4, -0.2) is 0 Å². The van der Waals surface area contributed by atoms with Crippen molar-refractivity contribution in [2.45, 2.75) is 27.6 Å². The molecule has 4 rings (SSSR count). The summed E-state index contributed by atoms with van der Waals surface area (Å²) >= 11 is -1.98. The van der Waals surface area contributed by atoms with Gasteiger partial charge in [0.15, 0.2) is 0 Å². The summed E-state index contributed by atoms with van der Waals surface area (Å²) in [6.07, 6.45) is 8.26. The Balaban J connectivity index is 0.00000104. The summed E-state index contributed by atoms with van der Waals surface area (Å²) in [4.78, 5) is 0. The third-order valence-corrected chi connectivity index (χ3v) is 17.8. The molecular formula is C21H21Cl2Hf. The van der Waals surface area contributed by atoms with Gasteiger partial charge in [0.25, 0.3) is 0 Å². The van der Waals surface area contributed by atoms with Crippen molar-refractivity contribution in [2.75, 3.05) is 0 Å². The van der Waals surface area contributed by atoms with Gasteiger partial charge in [-0.05, 0) is 0 Å². The van der Waals surface area contributed by atoms with Crippen LogP contribution in [0.5, 0.6) is 0 Å². The summed E-state index contributed by atoms with van der Waals surface area (Å²) < 4.78 is 3.36. The topological polar surface area (TPSA) is 0 Å². The Hall–Kier alpha value is -0.630. The minimum Gasteiger partial charge on any atom is -1.00 e. The molecule has 3 heteroatoms. The SMILES string of the molecule is C[CH](C)[Hf+2]([C]1=CC=CC1)[CH]1c2ccccc2-c2ccccc21.[Cl-].[Cl-]. The maximum atomic E-state index is 2.46. The first-order valence-electron chi connectivity index (χ1n) is 8.18. The van der Waals surface area contributed by atoms with Crippen molar-refractivity contribution in [3.05, 3.63) is 81.2 Å². The molecule has 24 heavy (non-hydrogen) atoms. The minimum absolute atomic E-state index is 0. The van der Waals surface area contributed by atoms with Crippen molar-refractivity contribution >= 4 is 0 Å². The van der Waals surface area contributed by atoms with E-state index in [2.05, 4.69) is 80.6 Å². The average Bonchev–Trinajstić information content (AvgIpc) is 3.16. The standard InChI is InChI=1S/C13H9.C5H5.C3H7.2ClH.Hf/c1-3-7-12-10(5-1)9-11-6-2-4-8-13(11)12;1-2-4-5-3-1;1-3-2;;;/h1-9H;1-3H,4H2;3H,1-2H3;2*1H;/q;;;;;+2/p-2. The molecule has 0 radical (unpaired) electrons. The van der Waals surface area contributed by atoms with Gasteiger partial charge in [0, 0.05) is 0 Å². The van der Waals surface area contributed by atoms with Crippen molar-refractivity contribution in [1.29, 1.82) is 0 Å². The Morgan fingerprint density at radius 1 is 0.875 bits per heavy atom. The number of allylic oxidation sites excluding steroid dienone is 4. The summed E-state index contributed by atoms with van der Waals surface area (Å²) in [7, 11) is 0. The normalized spacial score (nSPS) is 14.5. The zero-order valence-electron chi connectivity index (χ0n) is 14.0. The molecule has 0 saturated carbocycles. The predicted molar refractivity (Wildman–Crippen MR) is 90.7 cm³/mol. The van der Waals surface area contributed by atoms with E-state index in [1.807, 2.05) is 0 Å². The second kappa shape index (κ2) is 8.17. The van der Waals surface area contributed by atoms with Crippen molar-refractivity contribution in [3.63, 3.8) is 0 Å². The van der Waals surface area contributed by atoms with Gasteiger partial charge in [-0.15, -0.1) is 0 Å². The minimum atomic E-state index is -1.98. The van der Waals surface area contributed by atoms with E-state index < -0.39 is 21.4 Å². The Kier molecular flexibility index (Phi) is 6.70. The fourth-order valence-electron chi connectivity index (χ4n) is 4.04. The molecule has 123 valence electrons. The first-order chi connectivity index (χ1) is 10.8. The van der Waals surface area contributed by atoms with Gasteiger partial charge in [-0.25, -0.2) is 0 Å². The summed E-state index contributed by atoms with van der Waals surface area (Å²) in [6.45, 7) is 4.93. The Bertz CT molecular complexity index is 731. The molecule has 2 aromatic carbocycles. The van der Waals surface area contributed by atoms with E-state index in [0.29, 0.717) is 3.67 Å². The van der Waals surface area contributed by atoms with Crippen LogP contribution in [0.25, 0.3) is 11.1 Å². The van der Waals surface area contributed by atoms with E-state index >= 15 is 0 Å². The van der Waals surface area contributed by atoms with E-state index in [-0.39, 0.29) is 24.8 Å². The quantitative estimate of drug-likeness (QED) is 0.500. The first-order valence-corrected chi connectivity index (χ1v) is 14.1. The second-order valence-electron chi connectivity index (χ2n) is 6.54. The molecule has 0 nitrogen and oxygen atoms in total. The van der Waals surface area contributed by atoms with Crippen LogP contribution >= 0.6 is 0 Å². The van der Waals surface area contributed by atoms with Crippen molar-refractivity contribution in [1.82, 2.24) is 0 Å². The van der Waals surface area contributed by atoms with Crippen LogP contribution in [0.4, 0.5) is 0 Å². The molecule has 0 atom stereocenters. The number of hydrogen-bond acceptors (Lipinski definition) is 0. The van der Waals surface area contributed by atoms with Crippen LogP contribution in [0, 0.1) is 0 Å². The molecule has 0 saturated heterocycles. The Morgan fingerprint density at radius 2 is 1.42 bits per heavy atom. The number of fused-ring (bicyclic) bond motifs is 3. The number of hydrogen-bond donors (Lipinski definition) is 0. The van der Waals surface area contributed by atoms with E-state index in [1.165, 1.54) is 17.5 Å². The van der Waals surface area contributed by atoms with Crippen LogP contribution in [0.2, 0.25) is 3.67 Å². The molecule has 0 aliphatic heterocycles. The fourth-order valence-corrected chi connectivity index (χ4v) is 17.0. The molecule has 2 aliphatic rings. The van der Waals surface area contributed by atoms with Gasteiger partial charge >= 0.3 is 141 Å². The molecule has 2 aliphatic carbocycles. The summed E-state index contributed by atoms with van der Waals surface area (Å²) in [6, 6.07) is 18.2. The predicted octanol–water partition coefficient (Wildman–Crippen LogP) is 0.0547. The molecule has 0 fully saturated rings. The van der Waals surface area contributed by atoms with E-state index in [1.54, 1.807) is 14.5 Å². The van der Waals surface area contributed by atoms with Gasteiger partial charge in [0.05, 0.1) is 0 Å². The largest absolute Gasteiger partial charge is 1.00 e. The van der Waals surface area contributed by atoms with Gasteiger partial charge in [-0.2, -0.15) is 0 Å². The Morgan fingerprint density at radius 3 is 1.88 bits per heavy atom. The summed E-state index contributed by atoms with van der Waals surface area (Å²) in [5.41, 5.74) is 6.18. The van der Waals surface area contributed by atoms with Crippen molar-refractivity contribution in [2.24, 2.45) is 0 Å².